The summed E-state index contributed by atoms with van der Waals surface area (Å²) in [6.07, 6.45) is -3.18. The highest BCUT2D eigenvalue weighted by atomic mass is 16.5. The summed E-state index contributed by atoms with van der Waals surface area (Å²) in [5, 5.41) is 28.0. The summed E-state index contributed by atoms with van der Waals surface area (Å²) < 4.78 is 5.27. The van der Waals surface area contributed by atoms with Crippen molar-refractivity contribution < 1.29 is 20.1 Å². The number of aliphatic hydroxyl groups excluding tert-OH is 3. The third-order valence-corrected chi connectivity index (χ3v) is 2.35. The monoisotopic (exact) mass is 176 g/mol. The van der Waals surface area contributed by atoms with Gasteiger partial charge in [0.05, 0.1) is 12.2 Å². The van der Waals surface area contributed by atoms with Crippen LogP contribution in [0, 0.1) is 0 Å². The average Bonchev–Trinajstić information content (AvgIpc) is 2.08. The summed E-state index contributed by atoms with van der Waals surface area (Å²) >= 11 is 0. The Kier molecular flexibility index (Phi) is 3.06. The minimum absolute atomic E-state index is 0.363. The Balaban J connectivity index is 2.63. The predicted octanol–water partition coefficient (Wildman–Crippen LogP) is -0.734. The number of hydrogen-bond acceptors (Lipinski definition) is 4. The molecule has 0 aromatic heterocycles. The Morgan fingerprint density at radius 3 is 2.17 bits per heavy atom. The zero-order chi connectivity index (χ0) is 9.30. The maximum absolute atomic E-state index is 9.39. The van der Waals surface area contributed by atoms with Crippen molar-refractivity contribution in [3.05, 3.63) is 0 Å². The van der Waals surface area contributed by atoms with E-state index in [1.54, 1.807) is 6.92 Å². The van der Waals surface area contributed by atoms with Crippen molar-refractivity contribution in [3.63, 3.8) is 0 Å². The first-order valence-electron chi connectivity index (χ1n) is 4.27. The smallest absolute Gasteiger partial charge is 0.111 e. The van der Waals surface area contributed by atoms with Crippen LogP contribution in [-0.4, -0.2) is 45.8 Å². The summed E-state index contributed by atoms with van der Waals surface area (Å²) in [6.45, 7) is 3.55. The third kappa shape index (κ3) is 1.61. The van der Waals surface area contributed by atoms with Crippen LogP contribution < -0.4 is 0 Å². The Labute approximate surface area is 71.8 Å². The summed E-state index contributed by atoms with van der Waals surface area (Å²) in [5.74, 6) is 0. The SMILES string of the molecule is CC[C@H]1OC(C)[C@@H](O)[C@@H](O)[C@@H]1O. The first kappa shape index (κ1) is 9.92. The second kappa shape index (κ2) is 3.70. The zero-order valence-corrected chi connectivity index (χ0v) is 7.34. The van der Waals surface area contributed by atoms with Gasteiger partial charge in [-0.25, -0.2) is 0 Å². The molecule has 1 saturated heterocycles. The van der Waals surface area contributed by atoms with E-state index in [4.69, 9.17) is 4.74 Å². The van der Waals surface area contributed by atoms with E-state index in [0.29, 0.717) is 6.42 Å². The zero-order valence-electron chi connectivity index (χ0n) is 7.34. The standard InChI is InChI=1S/C8H16O4/c1-3-5-7(10)8(11)6(9)4(2)12-5/h4-11H,3H2,1-2H3/t4?,5-,6-,7-,8-/m1/s1. The summed E-state index contributed by atoms with van der Waals surface area (Å²) in [5.41, 5.74) is 0. The lowest BCUT2D eigenvalue weighted by Gasteiger charge is -2.39. The molecule has 12 heavy (non-hydrogen) atoms. The molecule has 0 amide bonds. The van der Waals surface area contributed by atoms with Crippen LogP contribution in [0.1, 0.15) is 20.3 Å². The molecular weight excluding hydrogens is 160 g/mol. The first-order valence-corrected chi connectivity index (χ1v) is 4.27. The van der Waals surface area contributed by atoms with Gasteiger partial charge in [0, 0.05) is 0 Å². The minimum Gasteiger partial charge on any atom is -0.388 e. The van der Waals surface area contributed by atoms with E-state index in [-0.39, 0.29) is 6.10 Å². The highest BCUT2D eigenvalue weighted by Crippen LogP contribution is 2.22. The van der Waals surface area contributed by atoms with Crippen LogP contribution in [0.15, 0.2) is 0 Å². The molecule has 4 heteroatoms. The highest BCUT2D eigenvalue weighted by Gasteiger charge is 2.40. The molecule has 1 aliphatic heterocycles. The molecule has 0 aromatic carbocycles. The van der Waals surface area contributed by atoms with E-state index in [0.717, 1.165) is 0 Å². The molecule has 0 radical (unpaired) electrons. The molecule has 0 saturated carbocycles. The van der Waals surface area contributed by atoms with Gasteiger partial charge in [-0.2, -0.15) is 0 Å². The first-order chi connectivity index (χ1) is 5.57. The minimum atomic E-state index is -1.08. The molecule has 0 bridgehead atoms. The van der Waals surface area contributed by atoms with Crippen LogP contribution in [0.25, 0.3) is 0 Å². The van der Waals surface area contributed by atoms with Crippen LogP contribution >= 0.6 is 0 Å². The normalized spacial score (nSPS) is 49.2. The van der Waals surface area contributed by atoms with Gasteiger partial charge in [-0.1, -0.05) is 6.92 Å². The van der Waals surface area contributed by atoms with Gasteiger partial charge in [-0.05, 0) is 13.3 Å². The quantitative estimate of drug-likeness (QED) is 0.492. The van der Waals surface area contributed by atoms with Crippen LogP contribution in [0.5, 0.6) is 0 Å². The molecule has 1 unspecified atom stereocenters. The van der Waals surface area contributed by atoms with Gasteiger partial charge >= 0.3 is 0 Å². The molecule has 5 atom stereocenters. The highest BCUT2D eigenvalue weighted by molar-refractivity contribution is 4.89. The van der Waals surface area contributed by atoms with E-state index >= 15 is 0 Å². The van der Waals surface area contributed by atoms with Crippen molar-refractivity contribution in [1.29, 1.82) is 0 Å². The number of hydrogen-bond donors (Lipinski definition) is 3. The van der Waals surface area contributed by atoms with Crippen molar-refractivity contribution in [1.82, 2.24) is 0 Å². The lowest BCUT2D eigenvalue weighted by Crippen LogP contribution is -2.56. The fourth-order valence-electron chi connectivity index (χ4n) is 1.47. The van der Waals surface area contributed by atoms with Crippen LogP contribution in [0.3, 0.4) is 0 Å². The molecule has 4 nitrogen and oxygen atoms in total. The molecule has 1 aliphatic rings. The maximum atomic E-state index is 9.39. The molecule has 72 valence electrons. The summed E-state index contributed by atoms with van der Waals surface area (Å²) in [7, 11) is 0. The third-order valence-electron chi connectivity index (χ3n) is 2.35. The second-order valence-electron chi connectivity index (χ2n) is 3.26. The van der Waals surface area contributed by atoms with E-state index in [1.807, 2.05) is 6.92 Å². The topological polar surface area (TPSA) is 69.9 Å². The van der Waals surface area contributed by atoms with Crippen molar-refractivity contribution in [2.75, 3.05) is 0 Å². The molecule has 0 aliphatic carbocycles. The second-order valence-corrected chi connectivity index (χ2v) is 3.26. The number of aliphatic hydroxyl groups is 3. The lowest BCUT2D eigenvalue weighted by atomic mass is 9.94. The van der Waals surface area contributed by atoms with E-state index in [9.17, 15) is 15.3 Å². The van der Waals surface area contributed by atoms with Gasteiger partial charge in [0.15, 0.2) is 0 Å². The van der Waals surface area contributed by atoms with Crippen molar-refractivity contribution in [3.8, 4) is 0 Å². The van der Waals surface area contributed by atoms with Gasteiger partial charge in [-0.15, -0.1) is 0 Å². The Hall–Kier alpha value is -0.160. The van der Waals surface area contributed by atoms with E-state index < -0.39 is 24.4 Å². The molecule has 1 rings (SSSR count). The fourth-order valence-corrected chi connectivity index (χ4v) is 1.47. The van der Waals surface area contributed by atoms with Crippen LogP contribution in [0.2, 0.25) is 0 Å². The van der Waals surface area contributed by atoms with Gasteiger partial charge < -0.3 is 20.1 Å². The molecule has 3 N–H and O–H groups in total. The average molecular weight is 176 g/mol. The maximum Gasteiger partial charge on any atom is 0.111 e. The summed E-state index contributed by atoms with van der Waals surface area (Å²) in [4.78, 5) is 0. The number of ether oxygens (including phenoxy) is 1. The predicted molar refractivity (Wildman–Crippen MR) is 42.6 cm³/mol. The molecule has 0 spiro atoms. The molecule has 1 heterocycles. The van der Waals surface area contributed by atoms with Crippen molar-refractivity contribution >= 4 is 0 Å². The summed E-state index contributed by atoms with van der Waals surface area (Å²) in [6, 6.07) is 0. The molecule has 1 fully saturated rings. The largest absolute Gasteiger partial charge is 0.388 e. The van der Waals surface area contributed by atoms with E-state index in [2.05, 4.69) is 0 Å². The fraction of sp³-hybridized carbons (Fsp3) is 1.00. The van der Waals surface area contributed by atoms with Gasteiger partial charge in [-0.3, -0.25) is 0 Å². The van der Waals surface area contributed by atoms with Gasteiger partial charge in [0.2, 0.25) is 0 Å². The Morgan fingerprint density at radius 1 is 1.08 bits per heavy atom. The lowest BCUT2D eigenvalue weighted by molar-refractivity contribution is -0.217. The molecule has 0 aromatic rings. The van der Waals surface area contributed by atoms with E-state index in [1.165, 1.54) is 0 Å². The molecular formula is C8H16O4. The van der Waals surface area contributed by atoms with Crippen LogP contribution in [-0.2, 0) is 4.74 Å². The van der Waals surface area contributed by atoms with Crippen molar-refractivity contribution in [2.45, 2.75) is 50.8 Å². The Morgan fingerprint density at radius 2 is 1.67 bits per heavy atom. The van der Waals surface area contributed by atoms with Gasteiger partial charge in [0.25, 0.3) is 0 Å². The number of rotatable bonds is 1. The van der Waals surface area contributed by atoms with Crippen molar-refractivity contribution in [2.24, 2.45) is 0 Å². The van der Waals surface area contributed by atoms with Crippen LogP contribution in [0.4, 0.5) is 0 Å². The Bertz CT molecular complexity index is 145. The van der Waals surface area contributed by atoms with Gasteiger partial charge in [0.1, 0.15) is 18.3 Å².